The summed E-state index contributed by atoms with van der Waals surface area (Å²) in [6, 6.07) is 4.22. The van der Waals surface area contributed by atoms with Gasteiger partial charge in [0.25, 0.3) is 0 Å². The van der Waals surface area contributed by atoms with Gasteiger partial charge in [-0.3, -0.25) is 9.11 Å². The van der Waals surface area contributed by atoms with Crippen LogP contribution in [-0.4, -0.2) is 136 Å². The van der Waals surface area contributed by atoms with Gasteiger partial charge in [0.2, 0.25) is 0 Å². The molecule has 0 amide bonds. The zero-order valence-electron chi connectivity index (χ0n) is 14.7. The van der Waals surface area contributed by atoms with Crippen LogP contribution in [0.3, 0.4) is 0 Å². The second-order valence-corrected chi connectivity index (χ2v) is 5.19. The van der Waals surface area contributed by atoms with E-state index in [-0.39, 0.29) is 103 Å². The van der Waals surface area contributed by atoms with E-state index >= 15 is 0 Å². The summed E-state index contributed by atoms with van der Waals surface area (Å²) < 4.78 is 65.5. The van der Waals surface area contributed by atoms with Crippen LogP contribution in [0.4, 0.5) is 0 Å². The van der Waals surface area contributed by atoms with E-state index in [1.54, 1.807) is 0 Å². The Labute approximate surface area is 211 Å². The molecule has 0 saturated heterocycles. The number of carbonyl (C=O) groups excluding carboxylic acids is 2. The molecule has 1 rings (SSSR count). The minimum Gasteiger partial charge on any atom is -1.00 e. The smallest absolute Gasteiger partial charge is 1.00 e. The third-order valence-electron chi connectivity index (χ3n) is 1.73. The van der Waals surface area contributed by atoms with Crippen molar-refractivity contribution < 1.29 is 49.6 Å². The Balaban J connectivity index is -0.000000167. The van der Waals surface area contributed by atoms with Gasteiger partial charge in [-0.1, -0.05) is 12.1 Å². The molecule has 2 N–H and O–H groups in total. The van der Waals surface area contributed by atoms with Crippen LogP contribution in [-0.2, 0) is 29.2 Å². The summed E-state index contributed by atoms with van der Waals surface area (Å²) in [5.74, 6) is -3.29. The van der Waals surface area contributed by atoms with Crippen molar-refractivity contribution in [3.63, 3.8) is 0 Å². The molecule has 14 heteroatoms. The summed E-state index contributed by atoms with van der Waals surface area (Å²) in [5, 5.41) is 0. The Hall–Kier alpha value is 1.12. The Morgan fingerprint density at radius 2 is 1.09 bits per heavy atom. The number of benzene rings is 1. The quantitative estimate of drug-likeness (QED) is 0.332. The molecule has 0 unspecified atom stereocenters. The van der Waals surface area contributed by atoms with Gasteiger partial charge in [0, 0.05) is 0 Å². The molecule has 0 aliphatic heterocycles. The first kappa shape index (κ1) is 25.4. The van der Waals surface area contributed by atoms with E-state index in [0.29, 0.717) is 0 Å². The molecular weight excluding hydrogens is 595 g/mol. The molecule has 10 nitrogen and oxygen atoms in total. The largest absolute Gasteiger partial charge is 2.00 e. The molecule has 0 bridgehead atoms. The molecule has 1 aromatic carbocycles. The zero-order chi connectivity index (χ0) is 15.6. The average molecular weight is 605 g/mol. The fourth-order valence-electron chi connectivity index (χ4n) is 1.12. The van der Waals surface area contributed by atoms with E-state index in [9.17, 15) is 26.4 Å². The normalized spacial score (nSPS) is 10.6. The second kappa shape index (κ2) is 10.2. The Kier molecular flexibility index (Phi) is 11.7. The van der Waals surface area contributed by atoms with Crippen molar-refractivity contribution in [1.82, 2.24) is 0 Å². The average Bonchev–Trinajstić information content (AvgIpc) is 2.24. The first-order chi connectivity index (χ1) is 8.99. The first-order valence-corrected chi connectivity index (χ1v) is 7.24. The van der Waals surface area contributed by atoms with E-state index < -0.39 is 43.9 Å². The van der Waals surface area contributed by atoms with Crippen molar-refractivity contribution in [3.8, 4) is 0 Å². The van der Waals surface area contributed by atoms with Crippen LogP contribution >= 0.6 is 0 Å². The first-order valence-electron chi connectivity index (χ1n) is 4.51. The summed E-state index contributed by atoms with van der Waals surface area (Å²) in [6.45, 7) is 0. The standard InChI is InChI=1S/C8H6O10S2.2Ba.4H/c9-7(17-19(11,12)13)5-3-1-2-4-6(5)8(10)18-20(14,15)16;;;;;;/h1-4H,(H,11,12,13)(H,14,15,16);;;;;;/q;2*+2;4*-1. The zero-order valence-corrected chi connectivity index (χ0v) is 21.2. The number of hydrogen-bond acceptors (Lipinski definition) is 8. The Morgan fingerprint density at radius 1 is 0.818 bits per heavy atom. The molecule has 0 heterocycles. The van der Waals surface area contributed by atoms with Crippen molar-refractivity contribution in [2.45, 2.75) is 0 Å². The van der Waals surface area contributed by atoms with E-state index in [1.807, 2.05) is 0 Å². The van der Waals surface area contributed by atoms with Crippen LogP contribution in [0, 0.1) is 0 Å². The maximum absolute atomic E-state index is 11.4. The van der Waals surface area contributed by atoms with Crippen molar-refractivity contribution in [3.05, 3.63) is 35.4 Å². The molecule has 0 atom stereocenters. The van der Waals surface area contributed by atoms with Crippen molar-refractivity contribution in [2.24, 2.45) is 0 Å². The van der Waals surface area contributed by atoms with Gasteiger partial charge >= 0.3 is 130 Å². The van der Waals surface area contributed by atoms with Crippen LogP contribution in [0.1, 0.15) is 26.4 Å². The monoisotopic (exact) mass is 606 g/mol. The molecule has 0 aliphatic rings. The van der Waals surface area contributed by atoms with Gasteiger partial charge in [-0.15, -0.1) is 0 Å². The summed E-state index contributed by atoms with van der Waals surface area (Å²) in [6.07, 6.45) is 0. The summed E-state index contributed by atoms with van der Waals surface area (Å²) >= 11 is 0. The Bertz CT molecular complexity index is 706. The van der Waals surface area contributed by atoms with Crippen molar-refractivity contribution >= 4 is 130 Å². The summed E-state index contributed by atoms with van der Waals surface area (Å²) in [7, 11) is -10.2. The molecule has 118 valence electrons. The van der Waals surface area contributed by atoms with Crippen LogP contribution in [0.2, 0.25) is 0 Å². The van der Waals surface area contributed by atoms with Crippen LogP contribution in [0.5, 0.6) is 0 Å². The minimum absolute atomic E-state index is 0. The molecule has 0 aliphatic carbocycles. The number of hydrogen-bond donors (Lipinski definition) is 2. The Morgan fingerprint density at radius 3 is 1.32 bits per heavy atom. The SMILES string of the molecule is O=C(OS(=O)(=O)O)c1ccccc1C(=O)OS(=O)(=O)O.[Ba+2].[Ba+2].[H-].[H-].[H-].[H-]. The number of rotatable bonds is 4. The molecule has 22 heavy (non-hydrogen) atoms. The van der Waals surface area contributed by atoms with Crippen LogP contribution in [0.25, 0.3) is 0 Å². The molecule has 0 radical (unpaired) electrons. The predicted molar refractivity (Wildman–Crippen MR) is 76.3 cm³/mol. The second-order valence-electron chi connectivity index (χ2n) is 3.14. The van der Waals surface area contributed by atoms with Gasteiger partial charge in [0.15, 0.2) is 0 Å². The molecule has 0 aromatic heterocycles. The minimum atomic E-state index is -5.12. The fraction of sp³-hybridized carbons (Fsp3) is 0. The number of carbonyl (C=O) groups is 2. The van der Waals surface area contributed by atoms with Crippen LogP contribution < -0.4 is 0 Å². The molecule has 0 fully saturated rings. The maximum atomic E-state index is 11.4. The fourth-order valence-corrected chi connectivity index (χ4v) is 1.68. The summed E-state index contributed by atoms with van der Waals surface area (Å²) in [5.41, 5.74) is -1.39. The third kappa shape index (κ3) is 9.43. The molecular formula is C8H10Ba2O10S2. The van der Waals surface area contributed by atoms with Gasteiger partial charge in [0.1, 0.15) is 0 Å². The molecule has 0 saturated carbocycles. The van der Waals surface area contributed by atoms with Crippen molar-refractivity contribution in [2.75, 3.05) is 0 Å². The predicted octanol–water partition coefficient (Wildman–Crippen LogP) is -0.706. The van der Waals surface area contributed by atoms with E-state index in [4.69, 9.17) is 9.11 Å². The third-order valence-corrected chi connectivity index (χ3v) is 2.45. The van der Waals surface area contributed by atoms with Crippen LogP contribution in [0.15, 0.2) is 24.3 Å². The van der Waals surface area contributed by atoms with Gasteiger partial charge in [-0.2, -0.15) is 16.8 Å². The van der Waals surface area contributed by atoms with Gasteiger partial charge < -0.3 is 14.1 Å². The molecule has 0 spiro atoms. The molecule has 1 aromatic rings. The van der Waals surface area contributed by atoms with E-state index in [1.165, 1.54) is 12.1 Å². The topological polar surface area (TPSA) is 161 Å². The summed E-state index contributed by atoms with van der Waals surface area (Å²) in [4.78, 5) is 22.7. The van der Waals surface area contributed by atoms with Gasteiger partial charge in [-0.05, 0) is 12.1 Å². The van der Waals surface area contributed by atoms with Gasteiger partial charge in [-0.25, -0.2) is 9.59 Å². The van der Waals surface area contributed by atoms with E-state index in [2.05, 4.69) is 8.37 Å². The van der Waals surface area contributed by atoms with Crippen molar-refractivity contribution in [1.29, 1.82) is 0 Å². The van der Waals surface area contributed by atoms with E-state index in [0.717, 1.165) is 12.1 Å². The van der Waals surface area contributed by atoms with Gasteiger partial charge in [0.05, 0.1) is 11.1 Å². The maximum Gasteiger partial charge on any atom is 2.00 e.